The quantitative estimate of drug-likeness (QED) is 0.860. The van der Waals surface area contributed by atoms with Gasteiger partial charge in [0.1, 0.15) is 0 Å². The molecule has 5 heteroatoms. The van der Waals surface area contributed by atoms with Crippen molar-refractivity contribution in [3.05, 3.63) is 24.3 Å². The number of anilines is 2. The van der Waals surface area contributed by atoms with Crippen molar-refractivity contribution in [1.82, 2.24) is 4.90 Å². The predicted molar refractivity (Wildman–Crippen MR) is 103 cm³/mol. The molecule has 0 unspecified atom stereocenters. The van der Waals surface area contributed by atoms with Gasteiger partial charge in [-0.3, -0.25) is 9.59 Å². The molecule has 5 nitrogen and oxygen atoms in total. The Kier molecular flexibility index (Phi) is 6.85. The second-order valence-corrected chi connectivity index (χ2v) is 7.04. The Bertz CT molecular complexity index is 571. The van der Waals surface area contributed by atoms with E-state index in [1.165, 1.54) is 0 Å². The number of hydrogen-bond donors (Lipinski definition) is 1. The molecule has 2 rings (SSSR count). The van der Waals surface area contributed by atoms with Crippen molar-refractivity contribution in [2.45, 2.75) is 39.5 Å². The van der Waals surface area contributed by atoms with E-state index in [2.05, 4.69) is 19.2 Å². The maximum Gasteiger partial charge on any atom is 0.227 e. The Morgan fingerprint density at radius 2 is 1.68 bits per heavy atom. The lowest BCUT2D eigenvalue weighted by Crippen LogP contribution is -2.43. The summed E-state index contributed by atoms with van der Waals surface area (Å²) in [5.41, 5.74) is 1.93. The van der Waals surface area contributed by atoms with E-state index in [0.717, 1.165) is 37.1 Å². The molecular formula is C20H31N3O2. The van der Waals surface area contributed by atoms with Gasteiger partial charge in [-0.05, 0) is 49.9 Å². The number of carbonyl (C=O) groups excluding carboxylic acids is 2. The van der Waals surface area contributed by atoms with Gasteiger partial charge in [0.25, 0.3) is 0 Å². The first-order valence-corrected chi connectivity index (χ1v) is 9.33. The lowest BCUT2D eigenvalue weighted by Gasteiger charge is -2.33. The van der Waals surface area contributed by atoms with Gasteiger partial charge in [0.2, 0.25) is 11.8 Å². The number of piperidine rings is 1. The monoisotopic (exact) mass is 345 g/mol. The summed E-state index contributed by atoms with van der Waals surface area (Å²) in [6, 6.07) is 7.84. The highest BCUT2D eigenvalue weighted by Gasteiger charge is 2.29. The molecule has 0 atom stereocenters. The Hall–Kier alpha value is -2.04. The fourth-order valence-corrected chi connectivity index (χ4v) is 3.35. The van der Waals surface area contributed by atoms with Crippen LogP contribution in [0.4, 0.5) is 11.4 Å². The minimum absolute atomic E-state index is 0.0146. The number of likely N-dealkylation sites (tertiary alicyclic amines) is 1. The first-order chi connectivity index (χ1) is 12.0. The van der Waals surface area contributed by atoms with Crippen LogP contribution in [0.5, 0.6) is 0 Å². The lowest BCUT2D eigenvalue weighted by molar-refractivity contribution is -0.138. The predicted octanol–water partition coefficient (Wildman–Crippen LogP) is 3.37. The van der Waals surface area contributed by atoms with Crippen LogP contribution in [-0.4, -0.2) is 43.9 Å². The number of amides is 2. The van der Waals surface area contributed by atoms with E-state index >= 15 is 0 Å². The molecule has 1 saturated heterocycles. The molecule has 0 spiro atoms. The van der Waals surface area contributed by atoms with E-state index in [-0.39, 0.29) is 23.7 Å². The number of carbonyl (C=O) groups is 2. The fraction of sp³-hybridized carbons (Fsp3) is 0.600. The summed E-state index contributed by atoms with van der Waals surface area (Å²) in [5, 5.41) is 3.01. The van der Waals surface area contributed by atoms with Crippen LogP contribution in [0, 0.1) is 11.8 Å². The largest absolute Gasteiger partial charge is 0.378 e. The Morgan fingerprint density at radius 3 is 2.16 bits per heavy atom. The topological polar surface area (TPSA) is 52.7 Å². The normalized spacial score (nSPS) is 15.3. The number of benzene rings is 1. The van der Waals surface area contributed by atoms with Gasteiger partial charge in [0, 0.05) is 50.4 Å². The third-order valence-corrected chi connectivity index (χ3v) is 5.16. The summed E-state index contributed by atoms with van der Waals surface area (Å²) in [7, 11) is 3.98. The summed E-state index contributed by atoms with van der Waals surface area (Å²) in [4.78, 5) is 28.9. The average Bonchev–Trinajstić information content (AvgIpc) is 2.63. The molecule has 25 heavy (non-hydrogen) atoms. The van der Waals surface area contributed by atoms with Crippen LogP contribution in [0.25, 0.3) is 0 Å². The van der Waals surface area contributed by atoms with E-state index < -0.39 is 0 Å². The summed E-state index contributed by atoms with van der Waals surface area (Å²) in [5.74, 6) is 0.426. The molecule has 2 amide bonds. The fourth-order valence-electron chi connectivity index (χ4n) is 3.35. The summed E-state index contributed by atoms with van der Waals surface area (Å²) >= 11 is 0. The molecule has 1 fully saturated rings. The summed E-state index contributed by atoms with van der Waals surface area (Å²) < 4.78 is 0. The van der Waals surface area contributed by atoms with Crippen molar-refractivity contribution in [1.29, 1.82) is 0 Å². The van der Waals surface area contributed by atoms with Crippen molar-refractivity contribution in [2.24, 2.45) is 11.8 Å². The Balaban J connectivity index is 1.85. The lowest BCUT2D eigenvalue weighted by atomic mass is 9.93. The van der Waals surface area contributed by atoms with Crippen LogP contribution in [0.15, 0.2) is 24.3 Å². The van der Waals surface area contributed by atoms with Gasteiger partial charge in [-0.1, -0.05) is 13.8 Å². The van der Waals surface area contributed by atoms with Crippen molar-refractivity contribution in [3.8, 4) is 0 Å². The standard InChI is InChI=1S/C20H31N3O2/c1-5-15(6-2)20(25)23-13-11-16(12-14-23)19(24)21-17-7-9-18(10-8-17)22(3)4/h7-10,15-16H,5-6,11-14H2,1-4H3,(H,21,24). The highest BCUT2D eigenvalue weighted by molar-refractivity contribution is 5.93. The van der Waals surface area contributed by atoms with Crippen LogP contribution in [0.1, 0.15) is 39.5 Å². The number of hydrogen-bond acceptors (Lipinski definition) is 3. The maximum absolute atomic E-state index is 12.5. The SMILES string of the molecule is CCC(CC)C(=O)N1CCC(C(=O)Nc2ccc(N(C)C)cc2)CC1. The first-order valence-electron chi connectivity index (χ1n) is 9.33. The van der Waals surface area contributed by atoms with Crippen molar-refractivity contribution >= 4 is 23.2 Å². The molecule has 1 heterocycles. The van der Waals surface area contributed by atoms with Gasteiger partial charge in [0.15, 0.2) is 0 Å². The van der Waals surface area contributed by atoms with Crippen LogP contribution in [-0.2, 0) is 9.59 Å². The smallest absolute Gasteiger partial charge is 0.227 e. The van der Waals surface area contributed by atoms with Crippen molar-refractivity contribution in [2.75, 3.05) is 37.4 Å². The average molecular weight is 345 g/mol. The second kappa shape index (κ2) is 8.88. The van der Waals surface area contributed by atoms with Gasteiger partial charge in [-0.25, -0.2) is 0 Å². The van der Waals surface area contributed by atoms with Gasteiger partial charge in [0.05, 0.1) is 0 Å². The van der Waals surface area contributed by atoms with Crippen LogP contribution in [0.3, 0.4) is 0 Å². The number of nitrogens with zero attached hydrogens (tertiary/aromatic N) is 2. The Morgan fingerprint density at radius 1 is 1.12 bits per heavy atom. The van der Waals surface area contributed by atoms with E-state index in [0.29, 0.717) is 13.1 Å². The van der Waals surface area contributed by atoms with Crippen LogP contribution in [0.2, 0.25) is 0 Å². The summed E-state index contributed by atoms with van der Waals surface area (Å²) in [6.45, 7) is 5.50. The molecular weight excluding hydrogens is 314 g/mol. The second-order valence-electron chi connectivity index (χ2n) is 7.04. The molecule has 0 radical (unpaired) electrons. The minimum Gasteiger partial charge on any atom is -0.378 e. The van der Waals surface area contributed by atoms with Gasteiger partial charge in [-0.2, -0.15) is 0 Å². The zero-order chi connectivity index (χ0) is 18.4. The molecule has 0 aliphatic carbocycles. The first kappa shape index (κ1) is 19.3. The molecule has 1 aliphatic rings. The zero-order valence-corrected chi connectivity index (χ0v) is 15.9. The third kappa shape index (κ3) is 4.97. The van der Waals surface area contributed by atoms with Crippen molar-refractivity contribution < 1.29 is 9.59 Å². The molecule has 1 aromatic rings. The minimum atomic E-state index is -0.0146. The molecule has 0 aromatic heterocycles. The molecule has 1 N–H and O–H groups in total. The number of nitrogens with one attached hydrogen (secondary N) is 1. The van der Waals surface area contributed by atoms with E-state index in [1.807, 2.05) is 48.2 Å². The zero-order valence-electron chi connectivity index (χ0n) is 15.9. The van der Waals surface area contributed by atoms with E-state index in [9.17, 15) is 9.59 Å². The van der Waals surface area contributed by atoms with Gasteiger partial charge >= 0.3 is 0 Å². The highest BCUT2D eigenvalue weighted by Crippen LogP contribution is 2.23. The molecule has 1 aromatic carbocycles. The third-order valence-electron chi connectivity index (χ3n) is 5.16. The van der Waals surface area contributed by atoms with E-state index in [1.54, 1.807) is 0 Å². The van der Waals surface area contributed by atoms with Crippen LogP contribution >= 0.6 is 0 Å². The number of rotatable bonds is 6. The van der Waals surface area contributed by atoms with E-state index in [4.69, 9.17) is 0 Å². The Labute approximate surface area is 151 Å². The molecule has 0 saturated carbocycles. The van der Waals surface area contributed by atoms with Gasteiger partial charge < -0.3 is 15.1 Å². The van der Waals surface area contributed by atoms with Gasteiger partial charge in [-0.15, -0.1) is 0 Å². The summed E-state index contributed by atoms with van der Waals surface area (Å²) in [6.07, 6.45) is 3.26. The van der Waals surface area contributed by atoms with Crippen molar-refractivity contribution in [3.63, 3.8) is 0 Å². The molecule has 0 bridgehead atoms. The molecule has 138 valence electrons. The molecule has 1 aliphatic heterocycles. The van der Waals surface area contributed by atoms with Crippen LogP contribution < -0.4 is 10.2 Å². The highest BCUT2D eigenvalue weighted by atomic mass is 16.2. The maximum atomic E-state index is 12.5.